The van der Waals surface area contributed by atoms with Gasteiger partial charge in [0.1, 0.15) is 11.9 Å². The van der Waals surface area contributed by atoms with Crippen molar-refractivity contribution in [2.75, 3.05) is 0 Å². The molecule has 5 heteroatoms. The highest BCUT2D eigenvalue weighted by molar-refractivity contribution is 5.88. The molecule has 0 bridgehead atoms. The third-order valence-corrected chi connectivity index (χ3v) is 10.7. The number of ketones is 1. The van der Waals surface area contributed by atoms with E-state index in [0.29, 0.717) is 41.8 Å². The summed E-state index contributed by atoms with van der Waals surface area (Å²) in [5, 5.41) is 10.9. The van der Waals surface area contributed by atoms with Gasteiger partial charge in [-0.1, -0.05) is 34.6 Å². The maximum atomic E-state index is 14.1. The Morgan fingerprint density at radius 2 is 1.85 bits per heavy atom. The van der Waals surface area contributed by atoms with Crippen molar-refractivity contribution in [1.29, 1.82) is 0 Å². The summed E-state index contributed by atoms with van der Waals surface area (Å²) in [6.07, 6.45) is 8.69. The second-order valence-corrected chi connectivity index (χ2v) is 13.1. The van der Waals surface area contributed by atoms with E-state index in [1.807, 2.05) is 0 Å². The highest BCUT2D eigenvalue weighted by atomic mass is 16.6. The first-order valence-corrected chi connectivity index (χ1v) is 14.0. The SMILES string of the molecule is CC(=O)O[C@H]1CC[C@]2(C)C(=O)C(C3CC[C@@H]4C(C)[C@H](CCC(C)C)OC(O)C[C@@]34C)CC[C@H]2C1. The van der Waals surface area contributed by atoms with Gasteiger partial charge in [-0.25, -0.2) is 0 Å². The smallest absolute Gasteiger partial charge is 0.302 e. The number of ether oxygens (including phenoxy) is 2. The van der Waals surface area contributed by atoms with Gasteiger partial charge in [0, 0.05) is 24.7 Å². The Bertz CT molecular complexity index is 764. The molecule has 10 atom stereocenters. The first-order valence-electron chi connectivity index (χ1n) is 14.0. The summed E-state index contributed by atoms with van der Waals surface area (Å²) >= 11 is 0. The van der Waals surface area contributed by atoms with E-state index in [4.69, 9.17) is 9.47 Å². The zero-order valence-corrected chi connectivity index (χ0v) is 22.3. The van der Waals surface area contributed by atoms with E-state index < -0.39 is 6.29 Å². The Kier molecular flexibility index (Phi) is 7.56. The number of carbonyl (C=O) groups excluding carboxylic acids is 2. The Morgan fingerprint density at radius 1 is 1.15 bits per heavy atom. The van der Waals surface area contributed by atoms with Crippen molar-refractivity contribution in [3.8, 4) is 0 Å². The van der Waals surface area contributed by atoms with Crippen LogP contribution in [0.2, 0.25) is 0 Å². The molecule has 4 aliphatic rings. The monoisotopic (exact) mass is 476 g/mol. The fourth-order valence-corrected chi connectivity index (χ4v) is 8.74. The number of rotatable bonds is 5. The summed E-state index contributed by atoms with van der Waals surface area (Å²) < 4.78 is 11.7. The Hall–Kier alpha value is -0.940. The maximum absolute atomic E-state index is 14.1. The molecule has 0 spiro atoms. The predicted octanol–water partition coefficient (Wildman–Crippen LogP) is 5.92. The third-order valence-electron chi connectivity index (χ3n) is 10.7. The lowest BCUT2D eigenvalue weighted by atomic mass is 9.52. The number of hydrogen-bond acceptors (Lipinski definition) is 5. The van der Waals surface area contributed by atoms with Crippen LogP contribution >= 0.6 is 0 Å². The molecule has 1 N–H and O–H groups in total. The van der Waals surface area contributed by atoms with E-state index in [2.05, 4.69) is 34.6 Å². The van der Waals surface area contributed by atoms with Crippen LogP contribution in [0, 0.1) is 46.3 Å². The number of esters is 1. The minimum Gasteiger partial charge on any atom is -0.463 e. The summed E-state index contributed by atoms with van der Waals surface area (Å²) in [5.41, 5.74) is -0.372. The Morgan fingerprint density at radius 3 is 2.53 bits per heavy atom. The van der Waals surface area contributed by atoms with Crippen molar-refractivity contribution in [1.82, 2.24) is 0 Å². The van der Waals surface area contributed by atoms with E-state index >= 15 is 0 Å². The van der Waals surface area contributed by atoms with Crippen LogP contribution < -0.4 is 0 Å². The lowest BCUT2D eigenvalue weighted by Crippen LogP contribution is -2.52. The lowest BCUT2D eigenvalue weighted by Gasteiger charge is -2.51. The molecular weight excluding hydrogens is 428 g/mol. The largest absolute Gasteiger partial charge is 0.463 e. The van der Waals surface area contributed by atoms with Gasteiger partial charge in [0.2, 0.25) is 0 Å². The minimum absolute atomic E-state index is 0.0360. The zero-order valence-electron chi connectivity index (χ0n) is 22.3. The van der Waals surface area contributed by atoms with Crippen LogP contribution in [-0.4, -0.2) is 35.4 Å². The van der Waals surface area contributed by atoms with Gasteiger partial charge in [0.25, 0.3) is 0 Å². The molecule has 1 aliphatic heterocycles. The van der Waals surface area contributed by atoms with Gasteiger partial charge in [-0.2, -0.15) is 0 Å². The fourth-order valence-electron chi connectivity index (χ4n) is 8.74. The molecule has 5 nitrogen and oxygen atoms in total. The fraction of sp³-hybridized carbons (Fsp3) is 0.931. The molecule has 0 aromatic carbocycles. The van der Waals surface area contributed by atoms with Crippen LogP contribution in [0.4, 0.5) is 0 Å². The Labute approximate surface area is 206 Å². The van der Waals surface area contributed by atoms with E-state index in [-0.39, 0.29) is 34.9 Å². The molecule has 0 amide bonds. The van der Waals surface area contributed by atoms with Gasteiger partial charge >= 0.3 is 5.97 Å². The summed E-state index contributed by atoms with van der Waals surface area (Å²) in [6, 6.07) is 0. The van der Waals surface area contributed by atoms with Crippen LogP contribution in [0.5, 0.6) is 0 Å². The number of hydrogen-bond donors (Lipinski definition) is 1. The predicted molar refractivity (Wildman–Crippen MR) is 132 cm³/mol. The van der Waals surface area contributed by atoms with Gasteiger partial charge in [0.15, 0.2) is 6.29 Å². The second-order valence-electron chi connectivity index (χ2n) is 13.1. The van der Waals surface area contributed by atoms with Crippen molar-refractivity contribution < 1.29 is 24.2 Å². The van der Waals surface area contributed by atoms with Crippen LogP contribution in [0.25, 0.3) is 0 Å². The molecule has 1 heterocycles. The summed E-state index contributed by atoms with van der Waals surface area (Å²) in [6.45, 7) is 12.8. The van der Waals surface area contributed by atoms with E-state index in [1.165, 1.54) is 6.92 Å². The van der Waals surface area contributed by atoms with Crippen molar-refractivity contribution in [3.05, 3.63) is 0 Å². The number of aliphatic hydroxyl groups is 1. The molecule has 194 valence electrons. The first-order chi connectivity index (χ1) is 16.0. The van der Waals surface area contributed by atoms with Crippen LogP contribution in [0.3, 0.4) is 0 Å². The minimum atomic E-state index is -0.739. The molecule has 0 aromatic heterocycles. The first kappa shape index (κ1) is 26.1. The van der Waals surface area contributed by atoms with E-state index in [0.717, 1.165) is 57.8 Å². The van der Waals surface area contributed by atoms with E-state index in [9.17, 15) is 14.7 Å². The molecule has 34 heavy (non-hydrogen) atoms. The quantitative estimate of drug-likeness (QED) is 0.499. The van der Waals surface area contributed by atoms with Crippen molar-refractivity contribution >= 4 is 11.8 Å². The third kappa shape index (κ3) is 4.73. The number of aliphatic hydroxyl groups excluding tert-OH is 1. The van der Waals surface area contributed by atoms with Crippen LogP contribution in [0.15, 0.2) is 0 Å². The summed E-state index contributed by atoms with van der Waals surface area (Å²) in [4.78, 5) is 25.6. The van der Waals surface area contributed by atoms with E-state index in [1.54, 1.807) is 0 Å². The number of carbonyl (C=O) groups is 2. The van der Waals surface area contributed by atoms with Crippen LogP contribution in [-0.2, 0) is 19.1 Å². The average molecular weight is 477 g/mol. The molecular formula is C29H48O5. The molecule has 3 aliphatic carbocycles. The molecule has 0 radical (unpaired) electrons. The number of fused-ring (bicyclic) bond motifs is 2. The highest BCUT2D eigenvalue weighted by Gasteiger charge is 2.59. The van der Waals surface area contributed by atoms with Gasteiger partial charge < -0.3 is 14.6 Å². The zero-order chi connectivity index (χ0) is 24.8. The van der Waals surface area contributed by atoms with Crippen molar-refractivity contribution in [3.63, 3.8) is 0 Å². The molecule has 4 unspecified atom stereocenters. The van der Waals surface area contributed by atoms with Gasteiger partial charge in [-0.15, -0.1) is 0 Å². The molecule has 4 fully saturated rings. The topological polar surface area (TPSA) is 72.8 Å². The summed E-state index contributed by atoms with van der Waals surface area (Å²) in [7, 11) is 0. The molecule has 0 aromatic rings. The number of Topliss-reactive ketones (excluding diaryl/α,β-unsaturated/α-hetero) is 1. The molecule has 1 saturated heterocycles. The van der Waals surface area contributed by atoms with Gasteiger partial charge in [-0.05, 0) is 92.8 Å². The highest BCUT2D eigenvalue weighted by Crippen LogP contribution is 2.62. The standard InChI is InChI=1S/C29H48O5/c1-17(2)7-12-25-18(3)23-10-11-24(29(23,6)16-26(31)34-25)22-9-8-20-15-21(33-19(4)30)13-14-28(20,5)27(22)32/h17-18,20-26,31H,7-16H2,1-6H3/t18?,20-,21-,22?,23+,24?,25-,26?,28-,29+/m0/s1. The van der Waals surface area contributed by atoms with Gasteiger partial charge in [-0.3, -0.25) is 9.59 Å². The summed E-state index contributed by atoms with van der Waals surface area (Å²) in [5.74, 6) is 2.45. The lowest BCUT2D eigenvalue weighted by molar-refractivity contribution is -0.162. The maximum Gasteiger partial charge on any atom is 0.302 e. The average Bonchev–Trinajstić information content (AvgIpc) is 3.03. The van der Waals surface area contributed by atoms with Crippen LogP contribution in [0.1, 0.15) is 106 Å². The second kappa shape index (κ2) is 9.84. The Balaban J connectivity index is 1.51. The molecule has 3 saturated carbocycles. The van der Waals surface area contributed by atoms with Crippen molar-refractivity contribution in [2.45, 2.75) is 124 Å². The normalized spacial score (nSPS) is 47.1. The van der Waals surface area contributed by atoms with Gasteiger partial charge in [0.05, 0.1) is 6.10 Å². The molecule has 4 rings (SSSR count). The van der Waals surface area contributed by atoms with Crippen molar-refractivity contribution in [2.24, 2.45) is 46.3 Å².